The molecule has 1 fully saturated rings. The van der Waals surface area contributed by atoms with Crippen molar-refractivity contribution in [2.75, 3.05) is 46.4 Å². The second-order valence-electron chi connectivity index (χ2n) is 6.32. The Balaban J connectivity index is 2.32. The molecule has 0 spiro atoms. The number of rotatable bonds is 5. The molecule has 0 unspecified atom stereocenters. The van der Waals surface area contributed by atoms with Gasteiger partial charge >= 0.3 is 0 Å². The number of likely N-dealkylation sites (N-methyl/N-ethyl adjacent to an activating group) is 1. The van der Waals surface area contributed by atoms with Crippen molar-refractivity contribution in [3.05, 3.63) is 0 Å². The van der Waals surface area contributed by atoms with E-state index in [1.54, 1.807) is 0 Å². The maximum absolute atomic E-state index is 5.86. The molecule has 0 aromatic heterocycles. The molecule has 0 aliphatic carbocycles. The predicted octanol–water partition coefficient (Wildman–Crippen LogP) is 1.93. The van der Waals surface area contributed by atoms with Crippen molar-refractivity contribution in [1.29, 1.82) is 0 Å². The first kappa shape index (κ1) is 16.5. The second-order valence-corrected chi connectivity index (χ2v) is 6.32. The van der Waals surface area contributed by atoms with Gasteiger partial charge < -0.3 is 9.64 Å². The van der Waals surface area contributed by atoms with E-state index in [-0.39, 0.29) is 0 Å². The Morgan fingerprint density at radius 3 is 2.68 bits per heavy atom. The molecular formula is C16H30N2O. The molecular weight excluding hydrogens is 236 g/mol. The fourth-order valence-corrected chi connectivity index (χ4v) is 2.44. The van der Waals surface area contributed by atoms with E-state index in [9.17, 15) is 0 Å². The third-order valence-corrected chi connectivity index (χ3v) is 3.11. The highest BCUT2D eigenvalue weighted by Gasteiger charge is 2.21. The minimum Gasteiger partial charge on any atom is -0.374 e. The fourth-order valence-electron chi connectivity index (χ4n) is 2.44. The first-order valence-electron chi connectivity index (χ1n) is 7.48. The summed E-state index contributed by atoms with van der Waals surface area (Å²) in [5.41, 5.74) is 0. The smallest absolute Gasteiger partial charge is 0.0829 e. The van der Waals surface area contributed by atoms with Gasteiger partial charge in [0.15, 0.2) is 0 Å². The van der Waals surface area contributed by atoms with Crippen molar-refractivity contribution in [1.82, 2.24) is 9.80 Å². The van der Waals surface area contributed by atoms with E-state index in [1.807, 2.05) is 0 Å². The number of hydrogen-bond acceptors (Lipinski definition) is 3. The van der Waals surface area contributed by atoms with Crippen LogP contribution in [0.15, 0.2) is 0 Å². The SMILES string of the molecule is CC(C)C#CCN1CCO[C@H](CN(C)CC(C)C)C1. The summed E-state index contributed by atoms with van der Waals surface area (Å²) >= 11 is 0. The van der Waals surface area contributed by atoms with Crippen LogP contribution in [0.25, 0.3) is 0 Å². The van der Waals surface area contributed by atoms with Crippen LogP contribution in [-0.2, 0) is 4.74 Å². The average molecular weight is 266 g/mol. The van der Waals surface area contributed by atoms with Gasteiger partial charge in [0.25, 0.3) is 0 Å². The van der Waals surface area contributed by atoms with Gasteiger partial charge in [0, 0.05) is 32.1 Å². The van der Waals surface area contributed by atoms with Gasteiger partial charge in [-0.2, -0.15) is 0 Å². The van der Waals surface area contributed by atoms with Gasteiger partial charge in [0.05, 0.1) is 19.3 Å². The van der Waals surface area contributed by atoms with E-state index in [2.05, 4.69) is 56.4 Å². The molecule has 0 saturated carbocycles. The van der Waals surface area contributed by atoms with E-state index < -0.39 is 0 Å². The standard InChI is InChI=1S/C16H30N2O/c1-14(2)7-6-8-18-9-10-19-16(13-18)12-17(5)11-15(3)4/h14-16H,8-13H2,1-5H3/t16-/m1/s1. The van der Waals surface area contributed by atoms with Crippen LogP contribution < -0.4 is 0 Å². The van der Waals surface area contributed by atoms with Crippen LogP contribution in [0.2, 0.25) is 0 Å². The Bertz CT molecular complexity index is 304. The largest absolute Gasteiger partial charge is 0.374 e. The molecule has 0 aromatic carbocycles. The zero-order valence-electron chi connectivity index (χ0n) is 13.3. The molecule has 0 radical (unpaired) electrons. The molecule has 0 amide bonds. The van der Waals surface area contributed by atoms with Crippen LogP contribution in [-0.4, -0.2) is 62.3 Å². The van der Waals surface area contributed by atoms with Crippen LogP contribution in [0.3, 0.4) is 0 Å². The lowest BCUT2D eigenvalue weighted by molar-refractivity contribution is -0.0373. The predicted molar refractivity (Wildman–Crippen MR) is 81.1 cm³/mol. The molecule has 1 heterocycles. The molecule has 1 aliphatic heterocycles. The molecule has 1 rings (SSSR count). The van der Waals surface area contributed by atoms with Gasteiger partial charge in [-0.05, 0) is 13.0 Å². The summed E-state index contributed by atoms with van der Waals surface area (Å²) in [5, 5.41) is 0. The van der Waals surface area contributed by atoms with Gasteiger partial charge in [-0.3, -0.25) is 4.90 Å². The minimum absolute atomic E-state index is 0.332. The third kappa shape index (κ3) is 7.57. The first-order valence-corrected chi connectivity index (χ1v) is 7.48. The summed E-state index contributed by atoms with van der Waals surface area (Å²) in [7, 11) is 2.18. The zero-order chi connectivity index (χ0) is 14.3. The van der Waals surface area contributed by atoms with Gasteiger partial charge in [-0.25, -0.2) is 0 Å². The molecule has 1 saturated heterocycles. The Labute approximate surface area is 119 Å². The normalized spacial score (nSPS) is 20.9. The van der Waals surface area contributed by atoms with Crippen molar-refractivity contribution in [2.24, 2.45) is 11.8 Å². The lowest BCUT2D eigenvalue weighted by Gasteiger charge is -2.34. The molecule has 1 aliphatic rings. The zero-order valence-corrected chi connectivity index (χ0v) is 13.3. The van der Waals surface area contributed by atoms with E-state index >= 15 is 0 Å². The summed E-state index contributed by atoms with van der Waals surface area (Å²) in [6, 6.07) is 0. The van der Waals surface area contributed by atoms with E-state index in [1.165, 1.54) is 0 Å². The van der Waals surface area contributed by atoms with Gasteiger partial charge in [-0.15, -0.1) is 0 Å². The summed E-state index contributed by atoms with van der Waals surface area (Å²) < 4.78 is 5.86. The van der Waals surface area contributed by atoms with E-state index in [0.717, 1.165) is 39.3 Å². The average Bonchev–Trinajstić information content (AvgIpc) is 2.27. The van der Waals surface area contributed by atoms with Crippen LogP contribution in [0.1, 0.15) is 27.7 Å². The Morgan fingerprint density at radius 1 is 1.32 bits per heavy atom. The molecule has 110 valence electrons. The van der Waals surface area contributed by atoms with Gasteiger partial charge in [0.1, 0.15) is 0 Å². The van der Waals surface area contributed by atoms with E-state index in [0.29, 0.717) is 17.9 Å². The van der Waals surface area contributed by atoms with Crippen molar-refractivity contribution in [3.8, 4) is 11.8 Å². The summed E-state index contributed by atoms with van der Waals surface area (Å²) in [4.78, 5) is 4.78. The molecule has 0 aromatic rings. The molecule has 19 heavy (non-hydrogen) atoms. The monoisotopic (exact) mass is 266 g/mol. The van der Waals surface area contributed by atoms with Crippen LogP contribution in [0.5, 0.6) is 0 Å². The van der Waals surface area contributed by atoms with Crippen molar-refractivity contribution in [2.45, 2.75) is 33.8 Å². The maximum atomic E-state index is 5.86. The Hall–Kier alpha value is -0.560. The van der Waals surface area contributed by atoms with Gasteiger partial charge in [0.2, 0.25) is 0 Å². The molecule has 3 heteroatoms. The molecule has 1 atom stereocenters. The van der Waals surface area contributed by atoms with Crippen molar-refractivity contribution in [3.63, 3.8) is 0 Å². The van der Waals surface area contributed by atoms with Crippen molar-refractivity contribution < 1.29 is 4.74 Å². The number of morpholine rings is 1. The number of ether oxygens (including phenoxy) is 1. The summed E-state index contributed by atoms with van der Waals surface area (Å²) in [6.07, 6.45) is 0.332. The first-order chi connectivity index (χ1) is 8.97. The Kier molecular flexibility index (Phi) is 7.45. The highest BCUT2D eigenvalue weighted by molar-refractivity contribution is 5.03. The molecule has 3 nitrogen and oxygen atoms in total. The number of hydrogen-bond donors (Lipinski definition) is 0. The van der Waals surface area contributed by atoms with E-state index in [4.69, 9.17) is 4.74 Å². The number of nitrogens with zero attached hydrogens (tertiary/aromatic N) is 2. The molecule has 0 N–H and O–H groups in total. The minimum atomic E-state index is 0.332. The lowest BCUT2D eigenvalue weighted by atomic mass is 10.2. The maximum Gasteiger partial charge on any atom is 0.0829 e. The van der Waals surface area contributed by atoms with Crippen molar-refractivity contribution >= 4 is 0 Å². The highest BCUT2D eigenvalue weighted by atomic mass is 16.5. The van der Waals surface area contributed by atoms with Crippen LogP contribution in [0.4, 0.5) is 0 Å². The molecule has 0 bridgehead atoms. The lowest BCUT2D eigenvalue weighted by Crippen LogP contribution is -2.47. The third-order valence-electron chi connectivity index (χ3n) is 3.11. The summed E-state index contributed by atoms with van der Waals surface area (Å²) in [5.74, 6) is 7.68. The fraction of sp³-hybridized carbons (Fsp3) is 0.875. The quantitative estimate of drug-likeness (QED) is 0.707. The highest BCUT2D eigenvalue weighted by Crippen LogP contribution is 2.07. The Morgan fingerprint density at radius 2 is 2.05 bits per heavy atom. The van der Waals surface area contributed by atoms with Gasteiger partial charge in [-0.1, -0.05) is 39.5 Å². The topological polar surface area (TPSA) is 15.7 Å². The summed E-state index contributed by atoms with van der Waals surface area (Å²) in [6.45, 7) is 14.7. The van der Waals surface area contributed by atoms with Crippen LogP contribution >= 0.6 is 0 Å². The van der Waals surface area contributed by atoms with Crippen LogP contribution in [0, 0.1) is 23.7 Å². The second kappa shape index (κ2) is 8.58.